The van der Waals surface area contributed by atoms with Crippen LogP contribution in [-0.4, -0.2) is 51.1 Å². The van der Waals surface area contributed by atoms with Crippen molar-refractivity contribution in [1.29, 1.82) is 0 Å². The minimum atomic E-state index is -1.11. The second-order valence-electron chi connectivity index (χ2n) is 8.74. The summed E-state index contributed by atoms with van der Waals surface area (Å²) in [7, 11) is 3.08. The molecule has 0 aliphatic heterocycles. The molecule has 3 aliphatic carbocycles. The average Bonchev–Trinajstić information content (AvgIpc) is 2.65. The van der Waals surface area contributed by atoms with E-state index >= 15 is 0 Å². The zero-order valence-corrected chi connectivity index (χ0v) is 16.6. The highest BCUT2D eigenvalue weighted by atomic mass is 16.7. The molecule has 6 atom stereocenters. The van der Waals surface area contributed by atoms with E-state index in [9.17, 15) is 14.4 Å². The van der Waals surface area contributed by atoms with Crippen LogP contribution in [0.5, 0.6) is 0 Å². The van der Waals surface area contributed by atoms with Gasteiger partial charge in [0.05, 0.1) is 17.6 Å². The minimum absolute atomic E-state index is 0.0256. The molecule has 3 rings (SSSR count). The summed E-state index contributed by atoms with van der Waals surface area (Å²) in [5.41, 5.74) is -1.56. The molecule has 0 saturated heterocycles. The summed E-state index contributed by atoms with van der Waals surface area (Å²) in [6.45, 7) is 4.15. The molecule has 0 unspecified atom stereocenters. The van der Waals surface area contributed by atoms with Crippen molar-refractivity contribution in [2.45, 2.75) is 51.7 Å². The van der Waals surface area contributed by atoms with Crippen LogP contribution < -0.4 is 0 Å². The van der Waals surface area contributed by atoms with Crippen molar-refractivity contribution in [3.63, 3.8) is 0 Å². The molecule has 0 amide bonds. The lowest BCUT2D eigenvalue weighted by Crippen LogP contribution is -2.59. The highest BCUT2D eigenvalue weighted by Gasteiger charge is 2.60. The molecule has 0 N–H and O–H groups in total. The number of carbonyl (C=O) groups excluding carboxylic acids is 3. The summed E-state index contributed by atoms with van der Waals surface area (Å²) in [6.07, 6.45) is 5.37. The van der Waals surface area contributed by atoms with Gasteiger partial charge in [-0.1, -0.05) is 26.0 Å². The van der Waals surface area contributed by atoms with Gasteiger partial charge in [0.1, 0.15) is 24.6 Å². The van der Waals surface area contributed by atoms with Gasteiger partial charge in [-0.05, 0) is 24.7 Å². The van der Waals surface area contributed by atoms with Gasteiger partial charge in [0.15, 0.2) is 0 Å². The van der Waals surface area contributed by atoms with Gasteiger partial charge >= 0.3 is 0 Å². The van der Waals surface area contributed by atoms with Gasteiger partial charge in [0.2, 0.25) is 0 Å². The molecule has 0 aromatic heterocycles. The fourth-order valence-electron chi connectivity index (χ4n) is 5.50. The lowest BCUT2D eigenvalue weighted by atomic mass is 9.50. The molecule has 150 valence electrons. The van der Waals surface area contributed by atoms with E-state index in [1.165, 1.54) is 7.11 Å². The van der Waals surface area contributed by atoms with Crippen LogP contribution in [0.4, 0.5) is 0 Å². The molecular weight excluding hydrogens is 348 g/mol. The van der Waals surface area contributed by atoms with Crippen molar-refractivity contribution in [2.75, 3.05) is 21.0 Å². The summed E-state index contributed by atoms with van der Waals surface area (Å²) in [5, 5.41) is 0. The summed E-state index contributed by atoms with van der Waals surface area (Å²) < 4.78 is 16.3. The van der Waals surface area contributed by atoms with E-state index in [0.717, 1.165) is 6.29 Å². The number of Topliss-reactive ketones (excluding diaryl/α,β-unsaturated/α-hetero) is 2. The highest BCUT2D eigenvalue weighted by Crippen LogP contribution is 2.54. The van der Waals surface area contributed by atoms with Gasteiger partial charge in [-0.3, -0.25) is 9.59 Å². The van der Waals surface area contributed by atoms with E-state index in [2.05, 4.69) is 0 Å². The van der Waals surface area contributed by atoms with E-state index in [0.29, 0.717) is 19.3 Å². The SMILES string of the molecule is COCO[C@@H]1C[C@@H]2C(=O)C[C@]3(C=O)[C@@H](OC)C=CC[C@@H]3C(=O)[C@H](C1)C2(C)C. The number of ketones is 2. The molecular formula is C21H30O6. The van der Waals surface area contributed by atoms with Crippen LogP contribution in [0.2, 0.25) is 0 Å². The molecule has 6 heteroatoms. The fourth-order valence-corrected chi connectivity index (χ4v) is 5.50. The molecule has 2 saturated carbocycles. The number of rotatable bonds is 5. The fraction of sp³-hybridized carbons (Fsp3) is 0.762. The third-order valence-corrected chi connectivity index (χ3v) is 7.11. The number of carbonyl (C=O) groups is 3. The van der Waals surface area contributed by atoms with E-state index < -0.39 is 22.9 Å². The maximum absolute atomic E-state index is 13.7. The topological polar surface area (TPSA) is 78.9 Å². The first kappa shape index (κ1) is 20.4. The summed E-state index contributed by atoms with van der Waals surface area (Å²) in [6, 6.07) is 0. The van der Waals surface area contributed by atoms with Crippen molar-refractivity contribution in [3.8, 4) is 0 Å². The molecule has 3 aliphatic rings. The normalized spacial score (nSPS) is 40.8. The smallest absolute Gasteiger partial charge is 0.146 e. The van der Waals surface area contributed by atoms with Crippen LogP contribution in [0.25, 0.3) is 0 Å². The Kier molecular flexibility index (Phi) is 5.71. The summed E-state index contributed by atoms with van der Waals surface area (Å²) in [5.74, 6) is -1.13. The molecule has 0 aromatic carbocycles. The predicted octanol–water partition coefficient (Wildman–Crippen LogP) is 2.35. The lowest BCUT2D eigenvalue weighted by Gasteiger charge is -2.53. The van der Waals surface area contributed by atoms with Crippen LogP contribution in [-0.2, 0) is 28.6 Å². The van der Waals surface area contributed by atoms with Gasteiger partial charge in [-0.2, -0.15) is 0 Å². The number of ether oxygens (including phenoxy) is 3. The molecule has 6 nitrogen and oxygen atoms in total. The standard InChI is InChI=1S/C21H30O6/c1-20(2)15-8-13(27-12-25-3)9-16(20)19(24)14-6-5-7-18(26-4)21(14,11-22)10-17(15)23/h5,7,11,13-16,18H,6,8-10,12H2,1-4H3/t13-,14-,15-,16+,18+,21-/m1/s1. The number of aldehydes is 1. The Morgan fingerprint density at radius 1 is 1.15 bits per heavy atom. The number of fused-ring (bicyclic) bond motifs is 3. The van der Waals surface area contributed by atoms with E-state index in [4.69, 9.17) is 14.2 Å². The third-order valence-electron chi connectivity index (χ3n) is 7.11. The van der Waals surface area contributed by atoms with Gasteiger partial charge < -0.3 is 19.0 Å². The second-order valence-corrected chi connectivity index (χ2v) is 8.74. The van der Waals surface area contributed by atoms with Crippen LogP contribution >= 0.6 is 0 Å². The van der Waals surface area contributed by atoms with E-state index in [1.54, 1.807) is 7.11 Å². The van der Waals surface area contributed by atoms with Crippen molar-refractivity contribution in [1.82, 2.24) is 0 Å². The molecule has 0 radical (unpaired) electrons. The van der Waals surface area contributed by atoms with Crippen molar-refractivity contribution < 1.29 is 28.6 Å². The largest absolute Gasteiger partial charge is 0.376 e. The number of allylic oxidation sites excluding steroid dienone is 1. The van der Waals surface area contributed by atoms with Crippen molar-refractivity contribution in [3.05, 3.63) is 12.2 Å². The third kappa shape index (κ3) is 3.22. The van der Waals surface area contributed by atoms with Crippen LogP contribution in [0.15, 0.2) is 12.2 Å². The van der Waals surface area contributed by atoms with Gasteiger partial charge in [0.25, 0.3) is 0 Å². The quantitative estimate of drug-likeness (QED) is 0.415. The molecule has 2 bridgehead atoms. The monoisotopic (exact) mass is 378 g/mol. The van der Waals surface area contributed by atoms with E-state index in [-0.39, 0.29) is 42.7 Å². The maximum Gasteiger partial charge on any atom is 0.146 e. The van der Waals surface area contributed by atoms with Gasteiger partial charge in [-0.15, -0.1) is 0 Å². The molecule has 27 heavy (non-hydrogen) atoms. The van der Waals surface area contributed by atoms with E-state index in [1.807, 2.05) is 26.0 Å². The number of hydrogen-bond donors (Lipinski definition) is 0. The van der Waals surface area contributed by atoms with Crippen LogP contribution in [0.3, 0.4) is 0 Å². The Hall–Kier alpha value is -1.37. The average molecular weight is 378 g/mol. The Morgan fingerprint density at radius 2 is 1.85 bits per heavy atom. The molecule has 0 heterocycles. The molecule has 2 fully saturated rings. The zero-order valence-electron chi connectivity index (χ0n) is 16.6. The molecule has 0 spiro atoms. The Bertz CT molecular complexity index is 639. The first-order valence-corrected chi connectivity index (χ1v) is 9.64. The summed E-state index contributed by atoms with van der Waals surface area (Å²) >= 11 is 0. The van der Waals surface area contributed by atoms with Gasteiger partial charge in [0, 0.05) is 38.4 Å². The minimum Gasteiger partial charge on any atom is -0.376 e. The van der Waals surface area contributed by atoms with Crippen LogP contribution in [0, 0.1) is 28.6 Å². The zero-order chi connectivity index (χ0) is 19.8. The molecule has 0 aromatic rings. The Labute approximate surface area is 160 Å². The lowest BCUT2D eigenvalue weighted by molar-refractivity contribution is -0.170. The Balaban J connectivity index is 2.04. The highest BCUT2D eigenvalue weighted by molar-refractivity contribution is 5.95. The maximum atomic E-state index is 13.7. The van der Waals surface area contributed by atoms with Gasteiger partial charge in [-0.25, -0.2) is 0 Å². The number of hydrogen-bond acceptors (Lipinski definition) is 6. The second kappa shape index (κ2) is 7.57. The van der Waals surface area contributed by atoms with Crippen molar-refractivity contribution >= 4 is 17.9 Å². The Morgan fingerprint density at radius 3 is 2.48 bits per heavy atom. The first-order chi connectivity index (χ1) is 12.8. The number of methoxy groups -OCH3 is 2. The first-order valence-electron chi connectivity index (χ1n) is 9.64. The van der Waals surface area contributed by atoms with Crippen LogP contribution in [0.1, 0.15) is 39.5 Å². The van der Waals surface area contributed by atoms with Crippen molar-refractivity contribution in [2.24, 2.45) is 28.6 Å². The predicted molar refractivity (Wildman–Crippen MR) is 97.9 cm³/mol. The summed E-state index contributed by atoms with van der Waals surface area (Å²) in [4.78, 5) is 39.3.